The van der Waals surface area contributed by atoms with E-state index in [0.717, 1.165) is 0 Å². The first-order chi connectivity index (χ1) is 9.43. The van der Waals surface area contributed by atoms with Crippen LogP contribution in [0.15, 0.2) is 18.2 Å². The molecule has 5 heteroatoms. The Morgan fingerprint density at radius 1 is 1.10 bits per heavy atom. The van der Waals surface area contributed by atoms with Gasteiger partial charge in [-0.2, -0.15) is 0 Å². The lowest BCUT2D eigenvalue weighted by molar-refractivity contribution is 0.404. The number of methoxy groups -OCH3 is 1. The summed E-state index contributed by atoms with van der Waals surface area (Å²) in [7, 11) is -0.630. The number of benzene rings is 1. The van der Waals surface area contributed by atoms with Crippen molar-refractivity contribution in [2.24, 2.45) is 5.41 Å². The van der Waals surface area contributed by atoms with Gasteiger partial charge in [0.15, 0.2) is 0 Å². The number of hydrogen-bond donors (Lipinski definition) is 0. The maximum Gasteiger partial charge on any atom is 0.242 e. The average Bonchev–Trinajstić information content (AvgIpc) is 2.22. The number of hydrogen-bond acceptors (Lipinski definition) is 2. The summed E-state index contributed by atoms with van der Waals surface area (Å²) in [6, 6.07) is 2.34. The first-order valence-electron chi connectivity index (χ1n) is 6.88. The lowest BCUT2D eigenvalue weighted by Crippen LogP contribution is -2.25. The van der Waals surface area contributed by atoms with Crippen molar-refractivity contribution in [2.75, 3.05) is 7.11 Å². The minimum absolute atomic E-state index is 0.131. The van der Waals surface area contributed by atoms with Crippen LogP contribution < -0.4 is 4.74 Å². The highest BCUT2D eigenvalue weighted by molar-refractivity contribution is 6.70. The second-order valence-corrected chi connectivity index (χ2v) is 11.5. The standard InChI is InChI=1S/C16H24F2O2Si/c1-16(2,3)10-14(20-21(5,6)7)15-12(17)8-11(19-4)9-13(15)18/h8-10H,1-7H3/b14-10+. The molecular formula is C16H24F2O2Si. The van der Waals surface area contributed by atoms with Crippen molar-refractivity contribution in [2.45, 2.75) is 40.4 Å². The third-order valence-corrected chi connectivity index (χ3v) is 3.31. The van der Waals surface area contributed by atoms with Gasteiger partial charge in [-0.25, -0.2) is 8.78 Å². The Hall–Kier alpha value is -1.36. The van der Waals surface area contributed by atoms with Gasteiger partial charge < -0.3 is 9.16 Å². The van der Waals surface area contributed by atoms with Gasteiger partial charge >= 0.3 is 0 Å². The number of rotatable bonds is 4. The molecule has 0 saturated heterocycles. The van der Waals surface area contributed by atoms with Gasteiger partial charge in [-0.15, -0.1) is 0 Å². The Morgan fingerprint density at radius 2 is 1.57 bits per heavy atom. The summed E-state index contributed by atoms with van der Waals surface area (Å²) in [4.78, 5) is 0. The first kappa shape index (κ1) is 17.7. The minimum atomic E-state index is -2.00. The van der Waals surface area contributed by atoms with Crippen molar-refractivity contribution in [1.82, 2.24) is 0 Å². The lowest BCUT2D eigenvalue weighted by atomic mass is 9.94. The molecule has 0 spiro atoms. The molecule has 0 aliphatic heterocycles. The highest BCUT2D eigenvalue weighted by Gasteiger charge is 2.25. The Bertz CT molecular complexity index is 517. The van der Waals surface area contributed by atoms with E-state index in [1.165, 1.54) is 19.2 Å². The van der Waals surface area contributed by atoms with Crippen LogP contribution in [-0.2, 0) is 4.43 Å². The molecule has 0 N–H and O–H groups in total. The number of allylic oxidation sites excluding steroid dienone is 1. The number of halogens is 2. The summed E-state index contributed by atoms with van der Waals surface area (Å²) in [5.74, 6) is -0.947. The third kappa shape index (κ3) is 5.50. The van der Waals surface area contributed by atoms with Crippen LogP contribution in [0.2, 0.25) is 19.6 Å². The van der Waals surface area contributed by atoms with Crippen LogP contribution in [0.1, 0.15) is 26.3 Å². The van der Waals surface area contributed by atoms with Crippen molar-refractivity contribution >= 4 is 14.1 Å². The SMILES string of the molecule is COc1cc(F)c(/C(=C\C(C)(C)C)O[Si](C)(C)C)c(F)c1. The van der Waals surface area contributed by atoms with Gasteiger partial charge in [-0.05, 0) is 31.1 Å². The van der Waals surface area contributed by atoms with E-state index in [9.17, 15) is 8.78 Å². The Labute approximate surface area is 126 Å². The van der Waals surface area contributed by atoms with Crippen LogP contribution in [0.4, 0.5) is 8.78 Å². The van der Waals surface area contributed by atoms with Crippen LogP contribution in [0, 0.1) is 17.0 Å². The molecule has 0 unspecified atom stereocenters. The van der Waals surface area contributed by atoms with Crippen LogP contribution in [0.3, 0.4) is 0 Å². The van der Waals surface area contributed by atoms with Crippen LogP contribution in [0.25, 0.3) is 5.76 Å². The van der Waals surface area contributed by atoms with E-state index in [-0.39, 0.29) is 22.5 Å². The van der Waals surface area contributed by atoms with Crippen molar-refractivity contribution in [3.8, 4) is 5.75 Å². The van der Waals surface area contributed by atoms with Gasteiger partial charge in [0.25, 0.3) is 0 Å². The molecule has 0 saturated carbocycles. The molecular weight excluding hydrogens is 290 g/mol. The van der Waals surface area contributed by atoms with Crippen molar-refractivity contribution < 1.29 is 17.9 Å². The summed E-state index contributed by atoms with van der Waals surface area (Å²) >= 11 is 0. The molecule has 21 heavy (non-hydrogen) atoms. The molecule has 1 aromatic carbocycles. The van der Waals surface area contributed by atoms with Gasteiger partial charge in [0.2, 0.25) is 8.32 Å². The van der Waals surface area contributed by atoms with Crippen molar-refractivity contribution in [3.63, 3.8) is 0 Å². The van der Waals surface area contributed by atoms with Gasteiger partial charge in [-0.1, -0.05) is 20.8 Å². The van der Waals surface area contributed by atoms with Gasteiger partial charge in [0, 0.05) is 12.1 Å². The maximum absolute atomic E-state index is 14.3. The minimum Gasteiger partial charge on any atom is -0.544 e. The molecule has 118 valence electrons. The molecule has 2 nitrogen and oxygen atoms in total. The van der Waals surface area contributed by atoms with Crippen molar-refractivity contribution in [1.29, 1.82) is 0 Å². The highest BCUT2D eigenvalue weighted by Crippen LogP contribution is 2.32. The monoisotopic (exact) mass is 314 g/mol. The molecule has 0 amide bonds. The Morgan fingerprint density at radius 3 is 1.90 bits per heavy atom. The molecule has 1 aromatic rings. The van der Waals surface area contributed by atoms with Gasteiger partial charge in [0.1, 0.15) is 23.1 Å². The quantitative estimate of drug-likeness (QED) is 0.561. The lowest BCUT2D eigenvalue weighted by Gasteiger charge is -2.25. The summed E-state index contributed by atoms with van der Waals surface area (Å²) in [5, 5.41) is 0. The molecule has 0 aliphatic rings. The van der Waals surface area contributed by atoms with E-state index >= 15 is 0 Å². The fourth-order valence-corrected chi connectivity index (χ4v) is 2.60. The van der Waals surface area contributed by atoms with Gasteiger partial charge in [0.05, 0.1) is 12.7 Å². The third-order valence-electron chi connectivity index (χ3n) is 2.48. The summed E-state index contributed by atoms with van der Waals surface area (Å²) in [6.45, 7) is 11.8. The zero-order valence-corrected chi connectivity index (χ0v) is 14.8. The summed E-state index contributed by atoms with van der Waals surface area (Å²) in [6.07, 6.45) is 1.76. The largest absolute Gasteiger partial charge is 0.544 e. The van der Waals surface area contributed by atoms with Crippen molar-refractivity contribution in [3.05, 3.63) is 35.4 Å². The predicted molar refractivity (Wildman–Crippen MR) is 84.8 cm³/mol. The van der Waals surface area contributed by atoms with Crippen LogP contribution in [0.5, 0.6) is 5.75 Å². The van der Waals surface area contributed by atoms with E-state index in [0.29, 0.717) is 0 Å². The molecule has 0 heterocycles. The fourth-order valence-electron chi connectivity index (χ4n) is 1.78. The highest BCUT2D eigenvalue weighted by atomic mass is 28.4. The van der Waals surface area contributed by atoms with E-state index in [1.54, 1.807) is 6.08 Å². The van der Waals surface area contributed by atoms with Crippen LogP contribution in [-0.4, -0.2) is 15.4 Å². The zero-order chi connectivity index (χ0) is 16.4. The summed E-state index contributed by atoms with van der Waals surface area (Å²) < 4.78 is 39.3. The maximum atomic E-state index is 14.3. The molecule has 0 bridgehead atoms. The normalized spacial score (nSPS) is 13.3. The van der Waals surface area contributed by atoms with E-state index < -0.39 is 20.0 Å². The molecule has 0 aliphatic carbocycles. The smallest absolute Gasteiger partial charge is 0.242 e. The second kappa shape index (κ2) is 6.18. The Balaban J connectivity index is 3.44. The second-order valence-electron chi connectivity index (χ2n) is 7.06. The topological polar surface area (TPSA) is 18.5 Å². The van der Waals surface area contributed by atoms with E-state index in [4.69, 9.17) is 9.16 Å². The molecule has 0 aromatic heterocycles. The summed E-state index contributed by atoms with van der Waals surface area (Å²) in [5.41, 5.74) is -0.388. The predicted octanol–water partition coefficient (Wildman–Crippen LogP) is 5.21. The Kier molecular flexibility index (Phi) is 5.20. The zero-order valence-electron chi connectivity index (χ0n) is 13.8. The molecule has 0 radical (unpaired) electrons. The van der Waals surface area contributed by atoms with Crippen LogP contribution >= 0.6 is 0 Å². The average molecular weight is 314 g/mol. The van der Waals surface area contributed by atoms with E-state index in [1.807, 2.05) is 40.4 Å². The van der Waals surface area contributed by atoms with E-state index in [2.05, 4.69) is 0 Å². The molecule has 0 atom stereocenters. The van der Waals surface area contributed by atoms with Gasteiger partial charge in [-0.3, -0.25) is 0 Å². The first-order valence-corrected chi connectivity index (χ1v) is 10.3. The molecule has 1 rings (SSSR count). The molecule has 0 fully saturated rings. The fraction of sp³-hybridized carbons (Fsp3) is 0.500. The number of ether oxygens (including phenoxy) is 1.